The van der Waals surface area contributed by atoms with Gasteiger partial charge in [0.1, 0.15) is 5.52 Å². The van der Waals surface area contributed by atoms with E-state index in [0.717, 1.165) is 24.7 Å². The molecule has 0 atom stereocenters. The van der Waals surface area contributed by atoms with Crippen molar-refractivity contribution in [1.82, 2.24) is 9.88 Å². The molecule has 0 bridgehead atoms. The quantitative estimate of drug-likeness (QED) is 0.466. The molecular formula is C15H15N3O4S. The van der Waals surface area contributed by atoms with Crippen LogP contribution >= 0.6 is 0 Å². The Morgan fingerprint density at radius 2 is 2.00 bits per heavy atom. The summed E-state index contributed by atoms with van der Waals surface area (Å²) in [5.74, 6) is 0. The van der Waals surface area contributed by atoms with E-state index in [1.165, 1.54) is 21.6 Å². The molecule has 3 aromatic rings. The van der Waals surface area contributed by atoms with Crippen LogP contribution in [0.2, 0.25) is 0 Å². The van der Waals surface area contributed by atoms with Crippen LogP contribution in [0.1, 0.15) is 5.56 Å². The SMILES string of the molecule is CN1C=c2ccc3nc[nH+]c4ccc(c2c34)C1.COS(=O)(=O)[O-]. The van der Waals surface area contributed by atoms with Crippen LogP contribution in [0, 0.1) is 0 Å². The number of benzene rings is 2. The van der Waals surface area contributed by atoms with Crippen molar-refractivity contribution in [3.63, 3.8) is 0 Å². The van der Waals surface area contributed by atoms with E-state index in [1.807, 2.05) is 0 Å². The molecule has 1 aliphatic heterocycles. The number of hydrogen-bond donors (Lipinski definition) is 0. The number of rotatable bonds is 1. The van der Waals surface area contributed by atoms with Crippen LogP contribution in [0.5, 0.6) is 0 Å². The first-order valence-electron chi connectivity index (χ1n) is 6.83. The van der Waals surface area contributed by atoms with E-state index in [2.05, 4.69) is 56.6 Å². The summed E-state index contributed by atoms with van der Waals surface area (Å²) in [6.07, 6.45) is 3.96. The maximum absolute atomic E-state index is 9.22. The third-order valence-corrected chi connectivity index (χ3v) is 4.07. The molecule has 0 fully saturated rings. The van der Waals surface area contributed by atoms with Gasteiger partial charge in [-0.3, -0.25) is 4.18 Å². The predicted molar refractivity (Wildman–Crippen MR) is 83.7 cm³/mol. The van der Waals surface area contributed by atoms with Gasteiger partial charge in [-0.2, -0.15) is 0 Å². The zero-order valence-corrected chi connectivity index (χ0v) is 13.4. The largest absolute Gasteiger partial charge is 0.726 e. The average molecular weight is 333 g/mol. The van der Waals surface area contributed by atoms with Crippen molar-refractivity contribution in [3.8, 4) is 0 Å². The Morgan fingerprint density at radius 3 is 2.70 bits per heavy atom. The number of aromatic amines is 1. The molecule has 4 rings (SSSR count). The van der Waals surface area contributed by atoms with Crippen molar-refractivity contribution in [2.45, 2.75) is 6.54 Å². The number of H-pyrrole nitrogens is 1. The van der Waals surface area contributed by atoms with Gasteiger partial charge >= 0.3 is 0 Å². The monoisotopic (exact) mass is 333 g/mol. The molecule has 0 unspecified atom stereocenters. The summed E-state index contributed by atoms with van der Waals surface area (Å²) < 4.78 is 31.0. The number of nitrogens with zero attached hydrogens (tertiary/aromatic N) is 2. The van der Waals surface area contributed by atoms with Gasteiger partial charge in [0, 0.05) is 25.2 Å². The molecule has 1 aromatic heterocycles. The summed E-state index contributed by atoms with van der Waals surface area (Å²) >= 11 is 0. The standard InChI is InChI=1S/C14H11N3.CH4O4S/c1-17-6-9-2-4-11-14-12(16-8-15-11)5-3-10(7-17)13(9)14;1-5-6(2,3)4/h2-6,8H,7H2,1H3;1H3,(H,2,3,4). The highest BCUT2D eigenvalue weighted by molar-refractivity contribution is 7.80. The molecule has 23 heavy (non-hydrogen) atoms. The van der Waals surface area contributed by atoms with E-state index < -0.39 is 10.4 Å². The van der Waals surface area contributed by atoms with Gasteiger partial charge < -0.3 is 9.45 Å². The molecule has 1 N–H and O–H groups in total. The molecule has 8 heteroatoms. The zero-order chi connectivity index (χ0) is 16.6. The molecule has 2 aromatic carbocycles. The molecule has 1 aliphatic rings. The van der Waals surface area contributed by atoms with E-state index >= 15 is 0 Å². The lowest BCUT2D eigenvalue weighted by Crippen LogP contribution is -2.23. The van der Waals surface area contributed by atoms with Crippen LogP contribution < -0.4 is 10.2 Å². The number of hydrogen-bond acceptors (Lipinski definition) is 6. The first-order chi connectivity index (χ1) is 10.9. The van der Waals surface area contributed by atoms with Gasteiger partial charge in [-0.1, -0.05) is 6.07 Å². The van der Waals surface area contributed by atoms with Crippen molar-refractivity contribution in [1.29, 1.82) is 0 Å². The van der Waals surface area contributed by atoms with Crippen LogP contribution in [0.25, 0.3) is 28.0 Å². The second-order valence-corrected chi connectivity index (χ2v) is 6.37. The highest BCUT2D eigenvalue weighted by Gasteiger charge is 2.16. The van der Waals surface area contributed by atoms with Gasteiger partial charge in [-0.15, -0.1) is 0 Å². The topological polar surface area (TPSA) is 96.7 Å². The minimum atomic E-state index is -4.41. The maximum Gasteiger partial charge on any atom is 0.285 e. The van der Waals surface area contributed by atoms with Crippen molar-refractivity contribution in [2.24, 2.45) is 0 Å². The Bertz CT molecular complexity index is 1020. The molecule has 7 nitrogen and oxygen atoms in total. The van der Waals surface area contributed by atoms with Gasteiger partial charge in [0.2, 0.25) is 10.4 Å². The van der Waals surface area contributed by atoms with E-state index in [1.54, 1.807) is 6.33 Å². The fourth-order valence-corrected chi connectivity index (χ4v) is 2.77. The normalized spacial score (nSPS) is 13.6. The lowest BCUT2D eigenvalue weighted by Gasteiger charge is -2.20. The van der Waals surface area contributed by atoms with Gasteiger partial charge in [0.15, 0.2) is 5.52 Å². The van der Waals surface area contributed by atoms with Crippen molar-refractivity contribution in [3.05, 3.63) is 41.4 Å². The number of nitrogens with one attached hydrogen (secondary N) is 1. The highest BCUT2D eigenvalue weighted by Crippen LogP contribution is 2.25. The van der Waals surface area contributed by atoms with Crippen LogP contribution in [0.4, 0.5) is 0 Å². The summed E-state index contributed by atoms with van der Waals surface area (Å²) in [5, 5.41) is 3.89. The van der Waals surface area contributed by atoms with Gasteiger partial charge in [0.25, 0.3) is 6.33 Å². The molecule has 0 saturated heterocycles. The zero-order valence-electron chi connectivity index (χ0n) is 12.6. The Morgan fingerprint density at radius 1 is 1.26 bits per heavy atom. The summed E-state index contributed by atoms with van der Waals surface area (Å²) in [4.78, 5) is 9.85. The van der Waals surface area contributed by atoms with Gasteiger partial charge in [-0.25, -0.2) is 13.4 Å². The molecule has 0 spiro atoms. The Kier molecular flexibility index (Phi) is 3.88. The fourth-order valence-electron chi connectivity index (χ4n) is 2.77. The summed E-state index contributed by atoms with van der Waals surface area (Å²) in [5.41, 5.74) is 3.61. The smallest absolute Gasteiger partial charge is 0.285 e. The minimum Gasteiger partial charge on any atom is -0.726 e. The van der Waals surface area contributed by atoms with Crippen molar-refractivity contribution >= 4 is 38.4 Å². The Balaban J connectivity index is 0.000000227. The lowest BCUT2D eigenvalue weighted by atomic mass is 9.98. The third kappa shape index (κ3) is 3.09. The molecular weight excluding hydrogens is 318 g/mol. The molecule has 120 valence electrons. The molecule has 0 saturated carbocycles. The second-order valence-electron chi connectivity index (χ2n) is 5.22. The molecule has 0 radical (unpaired) electrons. The van der Waals surface area contributed by atoms with Crippen LogP contribution in [0.15, 0.2) is 30.6 Å². The highest BCUT2D eigenvalue weighted by atomic mass is 32.3. The predicted octanol–water partition coefficient (Wildman–Crippen LogP) is 0.197. The first-order valence-corrected chi connectivity index (χ1v) is 8.16. The van der Waals surface area contributed by atoms with E-state index in [-0.39, 0.29) is 0 Å². The summed E-state index contributed by atoms with van der Waals surface area (Å²) in [6.45, 7) is 0.969. The minimum absolute atomic E-state index is 0.808. The van der Waals surface area contributed by atoms with Crippen molar-refractivity contribution in [2.75, 3.05) is 14.2 Å². The Labute approximate surface area is 133 Å². The van der Waals surface area contributed by atoms with Crippen molar-refractivity contribution < 1.29 is 22.1 Å². The maximum atomic E-state index is 9.22. The first kappa shape index (κ1) is 15.6. The van der Waals surface area contributed by atoms with E-state index in [0.29, 0.717) is 0 Å². The van der Waals surface area contributed by atoms with E-state index in [4.69, 9.17) is 0 Å². The lowest BCUT2D eigenvalue weighted by molar-refractivity contribution is -0.349. The van der Waals surface area contributed by atoms with Gasteiger partial charge in [-0.05, 0) is 34.0 Å². The third-order valence-electron chi connectivity index (χ3n) is 3.66. The van der Waals surface area contributed by atoms with Crippen LogP contribution in [-0.2, 0) is 21.1 Å². The van der Waals surface area contributed by atoms with Gasteiger partial charge in [0.05, 0.1) is 12.5 Å². The van der Waals surface area contributed by atoms with Crippen LogP contribution in [-0.4, -0.2) is 37.0 Å². The fraction of sp³-hybridized carbons (Fsp3) is 0.200. The summed E-state index contributed by atoms with van der Waals surface area (Å²) in [7, 11) is -1.49. The molecule has 2 heterocycles. The second kappa shape index (κ2) is 5.73. The van der Waals surface area contributed by atoms with E-state index in [9.17, 15) is 13.0 Å². The number of aromatic nitrogens is 2. The van der Waals surface area contributed by atoms with Crippen LogP contribution in [0.3, 0.4) is 0 Å². The average Bonchev–Trinajstić information content (AvgIpc) is 2.52. The Hall–Kier alpha value is -2.29. The molecule has 0 aliphatic carbocycles. The molecule has 0 amide bonds. The summed E-state index contributed by atoms with van der Waals surface area (Å²) in [6, 6.07) is 8.61.